The second-order valence-corrected chi connectivity index (χ2v) is 6.59. The number of nitrogens with one attached hydrogen (secondary N) is 1. The summed E-state index contributed by atoms with van der Waals surface area (Å²) in [6, 6.07) is 4.36. The largest absolute Gasteiger partial charge is 0.379 e. The first kappa shape index (κ1) is 21.6. The molecule has 1 fully saturated rings. The molecule has 22 heavy (non-hydrogen) atoms. The van der Waals surface area contributed by atoms with Gasteiger partial charge in [-0.1, -0.05) is 6.07 Å². The topological polar surface area (TPSA) is 67.6 Å². The summed E-state index contributed by atoms with van der Waals surface area (Å²) in [5.41, 5.74) is 4.98. The van der Waals surface area contributed by atoms with Crippen molar-refractivity contribution in [1.82, 2.24) is 10.2 Å². The third-order valence-corrected chi connectivity index (χ3v) is 4.37. The minimum atomic E-state index is -0.842. The molecule has 0 bridgehead atoms. The Bertz CT molecular complexity index is 432. The number of hydrogen-bond donors (Lipinski definition) is 2. The van der Waals surface area contributed by atoms with Gasteiger partial charge in [0.25, 0.3) is 0 Å². The van der Waals surface area contributed by atoms with E-state index in [0.717, 1.165) is 26.3 Å². The maximum atomic E-state index is 11.9. The van der Waals surface area contributed by atoms with E-state index in [1.165, 1.54) is 4.88 Å². The predicted molar refractivity (Wildman–Crippen MR) is 95.2 cm³/mol. The van der Waals surface area contributed by atoms with Crippen LogP contribution in [0.4, 0.5) is 0 Å². The van der Waals surface area contributed by atoms with Crippen molar-refractivity contribution in [2.75, 3.05) is 32.8 Å². The molecule has 0 aromatic carbocycles. The van der Waals surface area contributed by atoms with Gasteiger partial charge in [0.05, 0.1) is 24.8 Å². The zero-order valence-corrected chi connectivity index (χ0v) is 15.4. The molecule has 0 saturated carbocycles. The standard InChI is InChI=1S/C14H23N3O2S.2ClH/c1-14(2,15)13(18)16-10-11(12-4-3-9-20-12)17-5-7-19-8-6-17;;/h3-4,9,11H,5-8,10,15H2,1-2H3,(H,16,18);2*1H. The van der Waals surface area contributed by atoms with Crippen molar-refractivity contribution in [2.24, 2.45) is 5.73 Å². The minimum absolute atomic E-state index is 0. The maximum absolute atomic E-state index is 11.9. The summed E-state index contributed by atoms with van der Waals surface area (Å²) in [7, 11) is 0. The van der Waals surface area contributed by atoms with Gasteiger partial charge in [-0.05, 0) is 25.3 Å². The van der Waals surface area contributed by atoms with Crippen molar-refractivity contribution >= 4 is 42.1 Å². The van der Waals surface area contributed by atoms with Gasteiger partial charge in [0, 0.05) is 24.5 Å². The van der Waals surface area contributed by atoms with E-state index in [1.807, 2.05) is 6.07 Å². The van der Waals surface area contributed by atoms with E-state index < -0.39 is 5.54 Å². The van der Waals surface area contributed by atoms with Crippen LogP contribution in [0.15, 0.2) is 17.5 Å². The molecule has 0 aliphatic carbocycles. The zero-order valence-electron chi connectivity index (χ0n) is 12.9. The van der Waals surface area contributed by atoms with Gasteiger partial charge in [0.15, 0.2) is 0 Å². The number of carbonyl (C=O) groups is 1. The number of thiophene rings is 1. The number of nitrogens with two attached hydrogens (primary N) is 1. The van der Waals surface area contributed by atoms with Gasteiger partial charge >= 0.3 is 0 Å². The van der Waals surface area contributed by atoms with Crippen molar-refractivity contribution in [3.05, 3.63) is 22.4 Å². The summed E-state index contributed by atoms with van der Waals surface area (Å²) in [5.74, 6) is -0.118. The van der Waals surface area contributed by atoms with Gasteiger partial charge in [0.2, 0.25) is 5.91 Å². The zero-order chi connectivity index (χ0) is 14.6. The monoisotopic (exact) mass is 369 g/mol. The lowest BCUT2D eigenvalue weighted by Gasteiger charge is -2.34. The molecule has 1 aliphatic heterocycles. The van der Waals surface area contributed by atoms with Crippen molar-refractivity contribution < 1.29 is 9.53 Å². The Morgan fingerprint density at radius 2 is 2.09 bits per heavy atom. The third-order valence-electron chi connectivity index (χ3n) is 3.40. The van der Waals surface area contributed by atoms with Crippen LogP contribution in [0.3, 0.4) is 0 Å². The number of morpholine rings is 1. The molecule has 1 amide bonds. The molecule has 128 valence electrons. The summed E-state index contributed by atoms with van der Waals surface area (Å²) in [4.78, 5) is 15.6. The molecule has 1 unspecified atom stereocenters. The van der Waals surface area contributed by atoms with Crippen molar-refractivity contribution in [3.63, 3.8) is 0 Å². The van der Waals surface area contributed by atoms with Crippen LogP contribution >= 0.6 is 36.2 Å². The number of amides is 1. The number of hydrogen-bond acceptors (Lipinski definition) is 5. The van der Waals surface area contributed by atoms with E-state index >= 15 is 0 Å². The molecule has 1 aliphatic rings. The number of carbonyl (C=O) groups excluding carboxylic acids is 1. The lowest BCUT2D eigenvalue weighted by Crippen LogP contribution is -2.51. The number of nitrogens with zero attached hydrogens (tertiary/aromatic N) is 1. The smallest absolute Gasteiger partial charge is 0.239 e. The second-order valence-electron chi connectivity index (χ2n) is 5.61. The van der Waals surface area contributed by atoms with Crippen LogP contribution in [0.1, 0.15) is 24.8 Å². The van der Waals surface area contributed by atoms with Crippen LogP contribution < -0.4 is 11.1 Å². The van der Waals surface area contributed by atoms with E-state index in [-0.39, 0.29) is 36.8 Å². The maximum Gasteiger partial charge on any atom is 0.239 e. The van der Waals surface area contributed by atoms with Gasteiger partial charge in [-0.15, -0.1) is 36.2 Å². The summed E-state index contributed by atoms with van der Waals surface area (Å²) in [6.07, 6.45) is 0. The molecule has 0 spiro atoms. The second kappa shape index (κ2) is 9.70. The molecule has 1 aromatic heterocycles. The molecule has 2 rings (SSSR count). The Morgan fingerprint density at radius 3 is 2.59 bits per heavy atom. The van der Waals surface area contributed by atoms with Gasteiger partial charge in [0.1, 0.15) is 0 Å². The fourth-order valence-corrected chi connectivity index (χ4v) is 3.06. The molecule has 1 aromatic rings. The van der Waals surface area contributed by atoms with E-state index in [2.05, 4.69) is 21.7 Å². The number of halogens is 2. The molecular formula is C14H25Cl2N3O2S. The van der Waals surface area contributed by atoms with Crippen molar-refractivity contribution in [1.29, 1.82) is 0 Å². The Morgan fingerprint density at radius 1 is 1.45 bits per heavy atom. The third kappa shape index (κ3) is 6.02. The van der Waals surface area contributed by atoms with Gasteiger partial charge in [-0.2, -0.15) is 0 Å². The van der Waals surface area contributed by atoms with E-state index in [9.17, 15) is 4.79 Å². The van der Waals surface area contributed by atoms with E-state index in [4.69, 9.17) is 10.5 Å². The molecule has 2 heterocycles. The molecular weight excluding hydrogens is 345 g/mol. The fraction of sp³-hybridized carbons (Fsp3) is 0.643. The summed E-state index contributed by atoms with van der Waals surface area (Å²) in [5, 5.41) is 5.04. The highest BCUT2D eigenvalue weighted by Gasteiger charge is 2.27. The Labute approximate surface area is 148 Å². The molecule has 1 atom stereocenters. The highest BCUT2D eigenvalue weighted by Crippen LogP contribution is 2.25. The van der Waals surface area contributed by atoms with Gasteiger partial charge in [-0.25, -0.2) is 0 Å². The Balaban J connectivity index is 0.00000220. The van der Waals surface area contributed by atoms with Crippen LogP contribution in [-0.2, 0) is 9.53 Å². The normalized spacial score (nSPS) is 17.0. The van der Waals surface area contributed by atoms with E-state index in [0.29, 0.717) is 6.54 Å². The highest BCUT2D eigenvalue weighted by molar-refractivity contribution is 7.10. The molecule has 5 nitrogen and oxygen atoms in total. The van der Waals surface area contributed by atoms with Gasteiger partial charge in [-0.3, -0.25) is 9.69 Å². The van der Waals surface area contributed by atoms with Crippen molar-refractivity contribution in [2.45, 2.75) is 25.4 Å². The Hall–Kier alpha value is -0.370. The summed E-state index contributed by atoms with van der Waals surface area (Å²) < 4.78 is 5.40. The first-order chi connectivity index (χ1) is 9.48. The van der Waals surface area contributed by atoms with Crippen LogP contribution in [0.5, 0.6) is 0 Å². The quantitative estimate of drug-likeness (QED) is 0.830. The number of ether oxygens (including phenoxy) is 1. The molecule has 1 saturated heterocycles. The molecule has 0 radical (unpaired) electrons. The fourth-order valence-electron chi connectivity index (χ4n) is 2.20. The highest BCUT2D eigenvalue weighted by atomic mass is 35.5. The first-order valence-corrected chi connectivity index (χ1v) is 7.79. The van der Waals surface area contributed by atoms with Crippen LogP contribution in [0.2, 0.25) is 0 Å². The van der Waals surface area contributed by atoms with E-state index in [1.54, 1.807) is 25.2 Å². The number of rotatable bonds is 5. The average Bonchev–Trinajstić information content (AvgIpc) is 2.93. The van der Waals surface area contributed by atoms with Crippen molar-refractivity contribution in [3.8, 4) is 0 Å². The van der Waals surface area contributed by atoms with Crippen LogP contribution in [0.25, 0.3) is 0 Å². The first-order valence-electron chi connectivity index (χ1n) is 6.91. The minimum Gasteiger partial charge on any atom is -0.379 e. The predicted octanol–water partition coefficient (Wildman–Crippen LogP) is 1.82. The molecule has 8 heteroatoms. The summed E-state index contributed by atoms with van der Waals surface area (Å²) in [6.45, 7) is 7.31. The molecule has 3 N–H and O–H groups in total. The summed E-state index contributed by atoms with van der Waals surface area (Å²) >= 11 is 1.72. The van der Waals surface area contributed by atoms with Crippen LogP contribution in [-0.4, -0.2) is 49.2 Å². The average molecular weight is 370 g/mol. The Kier molecular flexibility index (Phi) is 9.54. The van der Waals surface area contributed by atoms with Crippen LogP contribution in [0, 0.1) is 0 Å². The SMILES string of the molecule is CC(C)(N)C(=O)NCC(c1cccs1)N1CCOCC1.Cl.Cl. The lowest BCUT2D eigenvalue weighted by atomic mass is 10.1. The lowest BCUT2D eigenvalue weighted by molar-refractivity contribution is -0.125. The van der Waals surface area contributed by atoms with Gasteiger partial charge < -0.3 is 15.8 Å².